The summed E-state index contributed by atoms with van der Waals surface area (Å²) in [6.07, 6.45) is 3.45. The highest BCUT2D eigenvalue weighted by atomic mass is 79.9. The van der Waals surface area contributed by atoms with Crippen molar-refractivity contribution in [2.24, 2.45) is 5.10 Å². The van der Waals surface area contributed by atoms with Gasteiger partial charge in [-0.1, -0.05) is 29.3 Å². The molecule has 3 rings (SSSR count). The zero-order chi connectivity index (χ0) is 24.3. The van der Waals surface area contributed by atoms with Crippen molar-refractivity contribution in [3.8, 4) is 17.2 Å². The third kappa shape index (κ3) is 7.18. The Morgan fingerprint density at radius 1 is 0.971 bits per heavy atom. The number of halogens is 1. The van der Waals surface area contributed by atoms with Crippen molar-refractivity contribution in [1.82, 2.24) is 5.43 Å². The van der Waals surface area contributed by atoms with Crippen molar-refractivity contribution < 1.29 is 23.8 Å². The van der Waals surface area contributed by atoms with Gasteiger partial charge in [-0.3, -0.25) is 4.79 Å². The second-order valence-electron chi connectivity index (χ2n) is 7.23. The normalized spacial score (nSPS) is 10.7. The van der Waals surface area contributed by atoms with E-state index in [1.807, 2.05) is 0 Å². The number of nitrogens with one attached hydrogen (secondary N) is 1. The van der Waals surface area contributed by atoms with E-state index in [0.717, 1.165) is 17.3 Å². The quantitative estimate of drug-likeness (QED) is 0.122. The molecule has 3 aromatic carbocycles. The fraction of sp³-hybridized carbons (Fsp3) is 0.192. The van der Waals surface area contributed by atoms with Gasteiger partial charge in [-0.2, -0.15) is 5.10 Å². The van der Waals surface area contributed by atoms with Gasteiger partial charge >= 0.3 is 5.97 Å². The Morgan fingerprint density at radius 3 is 2.32 bits per heavy atom. The van der Waals surface area contributed by atoms with E-state index in [2.05, 4.69) is 33.4 Å². The summed E-state index contributed by atoms with van der Waals surface area (Å²) < 4.78 is 17.0. The lowest BCUT2D eigenvalue weighted by molar-refractivity contribution is 0.0734. The first-order valence-corrected chi connectivity index (χ1v) is 11.5. The molecule has 176 valence electrons. The second kappa shape index (κ2) is 12.6. The highest BCUT2D eigenvalue weighted by molar-refractivity contribution is 9.10. The standard InChI is InChI=1S/C26H25BrN2O5/c1-3-4-15-33-23-12-5-18(6-13-23)25(30)29-28-17-20-16-21(27)9-14-24(20)34-26(31)19-7-10-22(32-2)11-8-19/h5-14,16-17H,3-4,15H2,1-2H3,(H,29,30)/b28-17+. The van der Waals surface area contributed by atoms with Crippen LogP contribution in [0.25, 0.3) is 0 Å². The highest BCUT2D eigenvalue weighted by Crippen LogP contribution is 2.23. The number of hydrazone groups is 1. The molecule has 0 fully saturated rings. The third-order valence-corrected chi connectivity index (χ3v) is 5.25. The van der Waals surface area contributed by atoms with Crippen LogP contribution in [0.5, 0.6) is 17.2 Å². The number of hydrogen-bond acceptors (Lipinski definition) is 6. The predicted molar refractivity (Wildman–Crippen MR) is 134 cm³/mol. The van der Waals surface area contributed by atoms with Gasteiger partial charge in [0.25, 0.3) is 5.91 Å². The molecule has 34 heavy (non-hydrogen) atoms. The van der Waals surface area contributed by atoms with Crippen molar-refractivity contribution in [2.75, 3.05) is 13.7 Å². The van der Waals surface area contributed by atoms with Crippen LogP contribution >= 0.6 is 15.9 Å². The molecule has 0 heterocycles. The Labute approximate surface area is 206 Å². The zero-order valence-corrected chi connectivity index (χ0v) is 20.5. The molecule has 0 atom stereocenters. The van der Waals surface area contributed by atoms with Crippen LogP contribution < -0.4 is 19.6 Å². The highest BCUT2D eigenvalue weighted by Gasteiger charge is 2.12. The van der Waals surface area contributed by atoms with Crippen LogP contribution in [0.15, 0.2) is 76.3 Å². The molecule has 0 aromatic heterocycles. The smallest absolute Gasteiger partial charge is 0.343 e. The number of rotatable bonds is 10. The Kier molecular flexibility index (Phi) is 9.22. The van der Waals surface area contributed by atoms with Crippen molar-refractivity contribution in [3.63, 3.8) is 0 Å². The van der Waals surface area contributed by atoms with E-state index < -0.39 is 5.97 Å². The number of hydrogen-bond donors (Lipinski definition) is 1. The number of amides is 1. The predicted octanol–water partition coefficient (Wildman–Crippen LogP) is 5.62. The fourth-order valence-electron chi connectivity index (χ4n) is 2.86. The van der Waals surface area contributed by atoms with Crippen LogP contribution in [0.1, 0.15) is 46.0 Å². The first-order chi connectivity index (χ1) is 16.5. The molecule has 7 nitrogen and oxygen atoms in total. The van der Waals surface area contributed by atoms with E-state index in [4.69, 9.17) is 14.2 Å². The van der Waals surface area contributed by atoms with Gasteiger partial charge in [-0.05, 0) is 73.2 Å². The summed E-state index contributed by atoms with van der Waals surface area (Å²) in [5.41, 5.74) is 3.82. The Balaban J connectivity index is 1.64. The van der Waals surface area contributed by atoms with Crippen molar-refractivity contribution in [3.05, 3.63) is 87.9 Å². The summed E-state index contributed by atoms with van der Waals surface area (Å²) in [6, 6.07) is 18.6. The molecular weight excluding hydrogens is 500 g/mol. The van der Waals surface area contributed by atoms with Crippen LogP contribution in [0.2, 0.25) is 0 Å². The van der Waals surface area contributed by atoms with Gasteiger partial charge < -0.3 is 14.2 Å². The SMILES string of the molecule is CCCCOc1ccc(C(=O)N/N=C/c2cc(Br)ccc2OC(=O)c2ccc(OC)cc2)cc1. The average Bonchev–Trinajstić information content (AvgIpc) is 2.86. The molecule has 0 unspecified atom stereocenters. The zero-order valence-electron chi connectivity index (χ0n) is 18.9. The molecule has 8 heteroatoms. The average molecular weight is 525 g/mol. The van der Waals surface area contributed by atoms with E-state index in [9.17, 15) is 9.59 Å². The van der Waals surface area contributed by atoms with Crippen LogP contribution in [-0.4, -0.2) is 31.8 Å². The molecule has 0 saturated carbocycles. The van der Waals surface area contributed by atoms with Gasteiger partial charge in [0, 0.05) is 15.6 Å². The Morgan fingerprint density at radius 2 is 1.65 bits per heavy atom. The topological polar surface area (TPSA) is 86.2 Å². The largest absolute Gasteiger partial charge is 0.497 e. The maximum Gasteiger partial charge on any atom is 0.343 e. The van der Waals surface area contributed by atoms with Gasteiger partial charge in [-0.15, -0.1) is 0 Å². The van der Waals surface area contributed by atoms with Gasteiger partial charge in [0.2, 0.25) is 0 Å². The summed E-state index contributed by atoms with van der Waals surface area (Å²) in [6.45, 7) is 2.74. The van der Waals surface area contributed by atoms with Crippen molar-refractivity contribution >= 4 is 34.0 Å². The van der Waals surface area contributed by atoms with E-state index in [-0.39, 0.29) is 5.91 Å². The lowest BCUT2D eigenvalue weighted by Gasteiger charge is -2.09. The third-order valence-electron chi connectivity index (χ3n) is 4.75. The minimum atomic E-state index is -0.523. The summed E-state index contributed by atoms with van der Waals surface area (Å²) in [5, 5.41) is 4.02. The van der Waals surface area contributed by atoms with Gasteiger partial charge in [-0.25, -0.2) is 10.2 Å². The lowest BCUT2D eigenvalue weighted by atomic mass is 10.2. The lowest BCUT2D eigenvalue weighted by Crippen LogP contribution is -2.17. The van der Waals surface area contributed by atoms with Crippen LogP contribution in [0.4, 0.5) is 0 Å². The molecule has 1 amide bonds. The summed E-state index contributed by atoms with van der Waals surface area (Å²) in [7, 11) is 1.55. The van der Waals surface area contributed by atoms with Crippen LogP contribution in [0.3, 0.4) is 0 Å². The summed E-state index contributed by atoms with van der Waals surface area (Å²) in [5.74, 6) is 0.761. The van der Waals surface area contributed by atoms with Crippen LogP contribution in [0, 0.1) is 0 Å². The molecule has 0 bridgehead atoms. The van der Waals surface area contributed by atoms with Crippen LogP contribution in [-0.2, 0) is 0 Å². The van der Waals surface area contributed by atoms with Gasteiger partial charge in [0.05, 0.1) is 25.5 Å². The minimum absolute atomic E-state index is 0.301. The molecule has 0 radical (unpaired) electrons. The van der Waals surface area contributed by atoms with Crippen molar-refractivity contribution in [2.45, 2.75) is 19.8 Å². The number of benzene rings is 3. The van der Waals surface area contributed by atoms with E-state index >= 15 is 0 Å². The Hall–Kier alpha value is -3.65. The molecule has 3 aromatic rings. The number of methoxy groups -OCH3 is 1. The second-order valence-corrected chi connectivity index (χ2v) is 8.14. The molecule has 0 aliphatic heterocycles. The van der Waals surface area contributed by atoms with E-state index in [1.54, 1.807) is 73.8 Å². The molecule has 0 spiro atoms. The number of carbonyl (C=O) groups is 2. The molecule has 0 aliphatic carbocycles. The summed E-state index contributed by atoms with van der Waals surface area (Å²) in [4.78, 5) is 24.9. The van der Waals surface area contributed by atoms with Gasteiger partial charge in [0.1, 0.15) is 17.2 Å². The number of esters is 1. The van der Waals surface area contributed by atoms with E-state index in [1.165, 1.54) is 6.21 Å². The fourth-order valence-corrected chi connectivity index (χ4v) is 3.24. The molecule has 0 aliphatic rings. The first kappa shape index (κ1) is 25.0. The maximum atomic E-state index is 12.5. The number of nitrogens with zero attached hydrogens (tertiary/aromatic N) is 1. The number of unbranched alkanes of at least 4 members (excludes halogenated alkanes) is 1. The molecule has 1 N–H and O–H groups in total. The number of ether oxygens (including phenoxy) is 3. The monoisotopic (exact) mass is 524 g/mol. The van der Waals surface area contributed by atoms with Gasteiger partial charge in [0.15, 0.2) is 0 Å². The summed E-state index contributed by atoms with van der Waals surface area (Å²) >= 11 is 3.39. The minimum Gasteiger partial charge on any atom is -0.497 e. The maximum absolute atomic E-state index is 12.5. The Bertz CT molecular complexity index is 1140. The molecule has 0 saturated heterocycles. The number of carbonyl (C=O) groups excluding carboxylic acids is 2. The van der Waals surface area contributed by atoms with E-state index in [0.29, 0.717) is 40.5 Å². The first-order valence-electron chi connectivity index (χ1n) is 10.7. The molecular formula is C26H25BrN2O5. The van der Waals surface area contributed by atoms with Crippen molar-refractivity contribution in [1.29, 1.82) is 0 Å².